The molecule has 2 rings (SSSR count). The van der Waals surface area contributed by atoms with E-state index in [1.54, 1.807) is 6.20 Å². The molecule has 98 valence electrons. The van der Waals surface area contributed by atoms with Crippen LogP contribution in [-0.2, 0) is 11.3 Å². The standard InChI is InChI=1S/C13H11NO3S2/c15-13(16)17-9-10-5-1-2-6-11(10)18-19-12-7-3-4-8-14-12/h1-8H,9H2,(H,15,16). The fraction of sp³-hybridized carbons (Fsp3) is 0.0769. The molecule has 0 saturated carbocycles. The number of rotatable bonds is 5. The van der Waals surface area contributed by atoms with Crippen molar-refractivity contribution in [2.75, 3.05) is 0 Å². The summed E-state index contributed by atoms with van der Waals surface area (Å²) in [5.74, 6) is 0. The minimum absolute atomic E-state index is 0.0568. The van der Waals surface area contributed by atoms with Crippen LogP contribution in [0.2, 0.25) is 0 Å². The molecule has 1 heterocycles. The van der Waals surface area contributed by atoms with E-state index in [4.69, 9.17) is 5.11 Å². The average Bonchev–Trinajstić information content (AvgIpc) is 2.45. The molecule has 0 unspecified atom stereocenters. The van der Waals surface area contributed by atoms with E-state index >= 15 is 0 Å². The molecule has 19 heavy (non-hydrogen) atoms. The Kier molecular flexibility index (Phi) is 5.11. The van der Waals surface area contributed by atoms with Gasteiger partial charge in [0.1, 0.15) is 11.6 Å². The summed E-state index contributed by atoms with van der Waals surface area (Å²) < 4.78 is 4.60. The molecule has 0 fully saturated rings. The molecule has 1 aromatic heterocycles. The van der Waals surface area contributed by atoms with Gasteiger partial charge in [0.05, 0.1) is 0 Å². The van der Waals surface area contributed by atoms with E-state index in [1.807, 2.05) is 42.5 Å². The lowest BCUT2D eigenvalue weighted by molar-refractivity contribution is 0.0847. The Morgan fingerprint density at radius 1 is 1.16 bits per heavy atom. The molecule has 2 aromatic rings. The van der Waals surface area contributed by atoms with E-state index in [9.17, 15) is 4.79 Å². The van der Waals surface area contributed by atoms with Gasteiger partial charge in [-0.1, -0.05) is 35.1 Å². The van der Waals surface area contributed by atoms with E-state index in [0.29, 0.717) is 0 Å². The minimum atomic E-state index is -1.27. The quantitative estimate of drug-likeness (QED) is 0.662. The fourth-order valence-corrected chi connectivity index (χ4v) is 3.42. The summed E-state index contributed by atoms with van der Waals surface area (Å²) in [6, 6.07) is 13.3. The molecule has 0 aliphatic carbocycles. The number of pyridine rings is 1. The van der Waals surface area contributed by atoms with Gasteiger partial charge in [0.25, 0.3) is 0 Å². The van der Waals surface area contributed by atoms with Crippen molar-refractivity contribution in [2.45, 2.75) is 16.5 Å². The van der Waals surface area contributed by atoms with E-state index in [2.05, 4.69) is 9.72 Å². The Morgan fingerprint density at radius 2 is 1.95 bits per heavy atom. The largest absolute Gasteiger partial charge is 0.506 e. The van der Waals surface area contributed by atoms with Crippen molar-refractivity contribution in [3.8, 4) is 0 Å². The third kappa shape index (κ3) is 4.50. The maximum atomic E-state index is 10.4. The lowest BCUT2D eigenvalue weighted by Crippen LogP contribution is -2.00. The summed E-state index contributed by atoms with van der Waals surface area (Å²) in [5.41, 5.74) is 0.846. The number of hydrogen-bond donors (Lipinski definition) is 1. The summed E-state index contributed by atoms with van der Waals surface area (Å²) in [6.07, 6.45) is 0.472. The van der Waals surface area contributed by atoms with Crippen molar-refractivity contribution < 1.29 is 14.6 Å². The number of ether oxygens (including phenoxy) is 1. The van der Waals surface area contributed by atoms with Crippen LogP contribution in [0.4, 0.5) is 4.79 Å². The number of aromatic nitrogens is 1. The van der Waals surface area contributed by atoms with Gasteiger partial charge in [-0.15, -0.1) is 0 Å². The molecule has 0 radical (unpaired) electrons. The number of carboxylic acid groups (broad SMARTS) is 1. The maximum Gasteiger partial charge on any atom is 0.506 e. The highest BCUT2D eigenvalue weighted by molar-refractivity contribution is 8.76. The number of hydrogen-bond acceptors (Lipinski definition) is 5. The van der Waals surface area contributed by atoms with Gasteiger partial charge < -0.3 is 9.84 Å². The third-order valence-electron chi connectivity index (χ3n) is 2.18. The smallest absolute Gasteiger partial charge is 0.450 e. The van der Waals surface area contributed by atoms with Gasteiger partial charge in [0.15, 0.2) is 0 Å². The normalized spacial score (nSPS) is 10.1. The van der Waals surface area contributed by atoms with Crippen LogP contribution in [0.5, 0.6) is 0 Å². The van der Waals surface area contributed by atoms with Crippen LogP contribution in [0.15, 0.2) is 58.6 Å². The van der Waals surface area contributed by atoms with Crippen LogP contribution in [0.25, 0.3) is 0 Å². The fourth-order valence-electron chi connectivity index (χ4n) is 1.33. The lowest BCUT2D eigenvalue weighted by atomic mass is 10.2. The maximum absolute atomic E-state index is 10.4. The predicted molar refractivity (Wildman–Crippen MR) is 75.2 cm³/mol. The minimum Gasteiger partial charge on any atom is -0.450 e. The average molecular weight is 293 g/mol. The first-order chi connectivity index (χ1) is 9.25. The van der Waals surface area contributed by atoms with Crippen LogP contribution < -0.4 is 0 Å². The van der Waals surface area contributed by atoms with Crippen molar-refractivity contribution >= 4 is 27.7 Å². The summed E-state index contributed by atoms with van der Waals surface area (Å²) in [6.45, 7) is 0.0568. The topological polar surface area (TPSA) is 59.4 Å². The Morgan fingerprint density at radius 3 is 2.68 bits per heavy atom. The zero-order valence-corrected chi connectivity index (χ0v) is 11.5. The van der Waals surface area contributed by atoms with Gasteiger partial charge in [-0.2, -0.15) is 0 Å². The van der Waals surface area contributed by atoms with Gasteiger partial charge >= 0.3 is 6.16 Å². The zero-order chi connectivity index (χ0) is 13.5. The van der Waals surface area contributed by atoms with Gasteiger partial charge in [-0.25, -0.2) is 9.78 Å². The SMILES string of the molecule is O=C(O)OCc1ccccc1SSc1ccccn1. The number of nitrogens with zero attached hydrogens (tertiary/aromatic N) is 1. The summed E-state index contributed by atoms with van der Waals surface area (Å²) in [7, 11) is 3.06. The Labute approximate surface area is 118 Å². The molecule has 0 bridgehead atoms. The highest BCUT2D eigenvalue weighted by Crippen LogP contribution is 2.37. The molecule has 0 atom stereocenters. The molecule has 6 heteroatoms. The monoisotopic (exact) mass is 293 g/mol. The van der Waals surface area contributed by atoms with Crippen molar-refractivity contribution in [1.29, 1.82) is 0 Å². The van der Waals surface area contributed by atoms with Crippen LogP contribution >= 0.6 is 21.6 Å². The molecule has 4 nitrogen and oxygen atoms in total. The zero-order valence-electron chi connectivity index (χ0n) is 9.85. The molecule has 0 aliphatic heterocycles. The molecule has 0 aliphatic rings. The highest BCUT2D eigenvalue weighted by Gasteiger charge is 2.06. The van der Waals surface area contributed by atoms with Gasteiger partial charge in [-0.05, 0) is 29.0 Å². The van der Waals surface area contributed by atoms with E-state index in [1.165, 1.54) is 21.6 Å². The summed E-state index contributed by atoms with van der Waals surface area (Å²) in [4.78, 5) is 15.6. The molecule has 0 amide bonds. The second-order valence-electron chi connectivity index (χ2n) is 3.50. The highest BCUT2D eigenvalue weighted by atomic mass is 33.1. The van der Waals surface area contributed by atoms with Gasteiger partial charge in [-0.3, -0.25) is 0 Å². The van der Waals surface area contributed by atoms with Crippen LogP contribution in [-0.4, -0.2) is 16.2 Å². The summed E-state index contributed by atoms with van der Waals surface area (Å²) >= 11 is 0. The Bertz CT molecular complexity index is 549. The first-order valence-corrected chi connectivity index (χ1v) is 7.60. The molecule has 1 aromatic carbocycles. The lowest BCUT2D eigenvalue weighted by Gasteiger charge is -2.07. The van der Waals surface area contributed by atoms with Crippen molar-refractivity contribution in [2.24, 2.45) is 0 Å². The van der Waals surface area contributed by atoms with E-state index < -0.39 is 6.16 Å². The Hall–Kier alpha value is -1.66. The first kappa shape index (κ1) is 13.8. The van der Waals surface area contributed by atoms with Crippen LogP contribution in [0, 0.1) is 0 Å². The molecule has 0 spiro atoms. The molecule has 1 N–H and O–H groups in total. The van der Waals surface area contributed by atoms with Gasteiger partial charge in [0, 0.05) is 16.7 Å². The predicted octanol–water partition coefficient (Wildman–Crippen LogP) is 4.08. The second-order valence-corrected chi connectivity index (χ2v) is 5.69. The Balaban J connectivity index is 2.01. The van der Waals surface area contributed by atoms with Crippen molar-refractivity contribution in [1.82, 2.24) is 4.98 Å². The van der Waals surface area contributed by atoms with E-state index in [0.717, 1.165) is 15.5 Å². The van der Waals surface area contributed by atoms with Crippen molar-refractivity contribution in [3.63, 3.8) is 0 Å². The van der Waals surface area contributed by atoms with Crippen LogP contribution in [0.1, 0.15) is 5.56 Å². The molecular formula is C13H11NO3S2. The van der Waals surface area contributed by atoms with Crippen molar-refractivity contribution in [3.05, 3.63) is 54.2 Å². The van der Waals surface area contributed by atoms with Gasteiger partial charge in [0.2, 0.25) is 0 Å². The molecular weight excluding hydrogens is 282 g/mol. The van der Waals surface area contributed by atoms with E-state index in [-0.39, 0.29) is 6.61 Å². The first-order valence-electron chi connectivity index (χ1n) is 5.45. The number of benzene rings is 1. The van der Waals surface area contributed by atoms with Crippen LogP contribution in [0.3, 0.4) is 0 Å². The number of carbonyl (C=O) groups is 1. The third-order valence-corrected chi connectivity index (χ3v) is 4.55. The summed E-state index contributed by atoms with van der Waals surface area (Å²) in [5, 5.41) is 9.43. The second kappa shape index (κ2) is 7.06. The molecule has 0 saturated heterocycles.